The van der Waals surface area contributed by atoms with E-state index in [4.69, 9.17) is 9.47 Å². The molecule has 0 radical (unpaired) electrons. The number of imidazole rings is 1. The maximum atomic E-state index is 5.48. The highest BCUT2D eigenvalue weighted by molar-refractivity contribution is 5.80. The minimum Gasteiger partial charge on any atom is -0.493 e. The van der Waals surface area contributed by atoms with E-state index in [0.29, 0.717) is 0 Å². The molecule has 1 aromatic heterocycles. The van der Waals surface area contributed by atoms with Gasteiger partial charge < -0.3 is 24.3 Å². The molecule has 0 unspecified atom stereocenters. The Kier molecular flexibility index (Phi) is 6.40. The Balaban J connectivity index is 1.38. The van der Waals surface area contributed by atoms with Gasteiger partial charge in [0, 0.05) is 45.6 Å². The van der Waals surface area contributed by atoms with E-state index in [2.05, 4.69) is 61.2 Å². The maximum absolute atomic E-state index is 5.48. The Morgan fingerprint density at radius 2 is 1.77 bits per heavy atom. The van der Waals surface area contributed by atoms with Crippen molar-refractivity contribution in [1.29, 1.82) is 0 Å². The molecule has 7 nitrogen and oxygen atoms in total. The van der Waals surface area contributed by atoms with Crippen molar-refractivity contribution in [3.8, 4) is 11.5 Å². The van der Waals surface area contributed by atoms with Crippen molar-refractivity contribution in [2.45, 2.75) is 26.1 Å². The number of aromatic nitrogens is 2. The van der Waals surface area contributed by atoms with Gasteiger partial charge in [0.1, 0.15) is 0 Å². The SMILES string of the molecule is CN=C(NCc1ccc(Cn2ccnc2)cc1)N1CCc2cc(OC)c(OC)cc2C1. The topological polar surface area (TPSA) is 63.9 Å². The molecular weight excluding hydrogens is 390 g/mol. The zero-order valence-corrected chi connectivity index (χ0v) is 18.3. The number of ether oxygens (including phenoxy) is 2. The van der Waals surface area contributed by atoms with Gasteiger partial charge >= 0.3 is 0 Å². The Hall–Kier alpha value is -3.48. The molecule has 162 valence electrons. The van der Waals surface area contributed by atoms with Crippen molar-refractivity contribution in [2.75, 3.05) is 27.8 Å². The minimum absolute atomic E-state index is 0.729. The van der Waals surface area contributed by atoms with Gasteiger partial charge in [0.15, 0.2) is 17.5 Å². The monoisotopic (exact) mass is 419 g/mol. The molecule has 0 fully saturated rings. The summed E-state index contributed by atoms with van der Waals surface area (Å²) in [5.41, 5.74) is 5.02. The van der Waals surface area contributed by atoms with Crippen LogP contribution in [0.4, 0.5) is 0 Å². The molecule has 3 aromatic rings. The van der Waals surface area contributed by atoms with Crippen LogP contribution in [0.2, 0.25) is 0 Å². The number of rotatable bonds is 6. The first kappa shape index (κ1) is 20.8. The second-order valence-electron chi connectivity index (χ2n) is 7.60. The van der Waals surface area contributed by atoms with Crippen molar-refractivity contribution in [3.05, 3.63) is 77.4 Å². The van der Waals surface area contributed by atoms with Crippen LogP contribution in [0.5, 0.6) is 11.5 Å². The van der Waals surface area contributed by atoms with Crippen molar-refractivity contribution in [1.82, 2.24) is 19.8 Å². The molecule has 4 rings (SSSR count). The number of hydrogen-bond donors (Lipinski definition) is 1. The van der Waals surface area contributed by atoms with Crippen molar-refractivity contribution < 1.29 is 9.47 Å². The van der Waals surface area contributed by atoms with Crippen LogP contribution in [0.25, 0.3) is 0 Å². The number of aliphatic imine (C=N–C) groups is 1. The van der Waals surface area contributed by atoms with E-state index in [1.165, 1.54) is 22.3 Å². The summed E-state index contributed by atoms with van der Waals surface area (Å²) in [6, 6.07) is 12.8. The largest absolute Gasteiger partial charge is 0.493 e. The summed E-state index contributed by atoms with van der Waals surface area (Å²) in [5, 5.41) is 3.51. The number of guanidine groups is 1. The number of methoxy groups -OCH3 is 2. The molecule has 0 atom stereocenters. The number of hydrogen-bond acceptors (Lipinski definition) is 4. The van der Waals surface area contributed by atoms with Gasteiger partial charge in [0.05, 0.1) is 20.5 Å². The molecule has 31 heavy (non-hydrogen) atoms. The molecule has 0 saturated heterocycles. The third-order valence-electron chi connectivity index (χ3n) is 5.63. The molecule has 1 aliphatic rings. The Bertz CT molecular complexity index is 1030. The summed E-state index contributed by atoms with van der Waals surface area (Å²) in [5.74, 6) is 2.46. The average Bonchev–Trinajstić information content (AvgIpc) is 3.32. The molecule has 2 aromatic carbocycles. The van der Waals surface area contributed by atoms with Crippen LogP contribution in [-0.2, 0) is 26.1 Å². The summed E-state index contributed by atoms with van der Waals surface area (Å²) in [6.45, 7) is 3.26. The summed E-state index contributed by atoms with van der Waals surface area (Å²) >= 11 is 0. The van der Waals surface area contributed by atoms with Crippen LogP contribution >= 0.6 is 0 Å². The first-order chi connectivity index (χ1) is 15.2. The average molecular weight is 420 g/mol. The second kappa shape index (κ2) is 9.55. The molecule has 0 aliphatic carbocycles. The predicted molar refractivity (Wildman–Crippen MR) is 122 cm³/mol. The summed E-state index contributed by atoms with van der Waals surface area (Å²) in [4.78, 5) is 10.9. The van der Waals surface area contributed by atoms with Crippen LogP contribution in [0.3, 0.4) is 0 Å². The van der Waals surface area contributed by atoms with Gasteiger partial charge in [0.2, 0.25) is 0 Å². The van der Waals surface area contributed by atoms with Crippen LogP contribution in [0, 0.1) is 0 Å². The Labute approximate surface area is 183 Å². The minimum atomic E-state index is 0.729. The normalized spacial score (nSPS) is 13.6. The van der Waals surface area contributed by atoms with Crippen molar-refractivity contribution in [3.63, 3.8) is 0 Å². The number of benzene rings is 2. The number of nitrogens with zero attached hydrogens (tertiary/aromatic N) is 4. The van der Waals surface area contributed by atoms with Gasteiger partial charge in [-0.05, 0) is 40.8 Å². The fraction of sp³-hybridized carbons (Fsp3) is 0.333. The predicted octanol–water partition coefficient (Wildman–Crippen LogP) is 3.08. The van der Waals surface area contributed by atoms with E-state index < -0.39 is 0 Å². The summed E-state index contributed by atoms with van der Waals surface area (Å²) in [7, 11) is 5.18. The molecule has 0 amide bonds. The third-order valence-corrected chi connectivity index (χ3v) is 5.63. The van der Waals surface area contributed by atoms with Crippen molar-refractivity contribution in [2.24, 2.45) is 4.99 Å². The molecule has 1 N–H and O–H groups in total. The van der Waals surface area contributed by atoms with Gasteiger partial charge in [-0.3, -0.25) is 4.99 Å². The van der Waals surface area contributed by atoms with E-state index in [1.807, 2.05) is 19.6 Å². The van der Waals surface area contributed by atoms with E-state index in [1.54, 1.807) is 20.4 Å². The van der Waals surface area contributed by atoms with E-state index >= 15 is 0 Å². The quantitative estimate of drug-likeness (QED) is 0.491. The third kappa shape index (κ3) is 4.82. The fourth-order valence-corrected chi connectivity index (χ4v) is 3.93. The highest BCUT2D eigenvalue weighted by atomic mass is 16.5. The number of fused-ring (bicyclic) bond motifs is 1. The first-order valence-electron chi connectivity index (χ1n) is 10.4. The lowest BCUT2D eigenvalue weighted by Gasteiger charge is -2.32. The van der Waals surface area contributed by atoms with Gasteiger partial charge in [0.25, 0.3) is 0 Å². The highest BCUT2D eigenvalue weighted by Gasteiger charge is 2.21. The van der Waals surface area contributed by atoms with Gasteiger partial charge in [-0.15, -0.1) is 0 Å². The van der Waals surface area contributed by atoms with Crippen molar-refractivity contribution >= 4 is 5.96 Å². The van der Waals surface area contributed by atoms with E-state index in [-0.39, 0.29) is 0 Å². The van der Waals surface area contributed by atoms with Crippen LogP contribution in [-0.4, -0.2) is 48.2 Å². The second-order valence-corrected chi connectivity index (χ2v) is 7.60. The van der Waals surface area contributed by atoms with E-state index in [9.17, 15) is 0 Å². The first-order valence-corrected chi connectivity index (χ1v) is 10.4. The highest BCUT2D eigenvalue weighted by Crippen LogP contribution is 2.33. The van der Waals surface area contributed by atoms with Gasteiger partial charge in [-0.25, -0.2) is 4.98 Å². The standard InChI is InChI=1S/C24H29N5O2/c1-25-24(27-14-18-4-6-19(7-5-18)15-28-11-9-26-17-28)29-10-8-20-12-22(30-2)23(31-3)13-21(20)16-29/h4-7,9,11-13,17H,8,10,14-16H2,1-3H3,(H,25,27). The number of nitrogens with one attached hydrogen (secondary N) is 1. The lowest BCUT2D eigenvalue weighted by molar-refractivity contribution is 0.346. The molecule has 0 saturated carbocycles. The molecule has 7 heteroatoms. The van der Waals surface area contributed by atoms with Gasteiger partial charge in [-0.1, -0.05) is 24.3 Å². The van der Waals surface area contributed by atoms with E-state index in [0.717, 1.165) is 50.1 Å². The van der Waals surface area contributed by atoms with Crippen LogP contribution < -0.4 is 14.8 Å². The van der Waals surface area contributed by atoms with Crippen LogP contribution in [0.1, 0.15) is 22.3 Å². The van der Waals surface area contributed by atoms with Crippen LogP contribution in [0.15, 0.2) is 60.1 Å². The lowest BCUT2D eigenvalue weighted by atomic mass is 9.99. The Morgan fingerprint density at radius 3 is 2.42 bits per heavy atom. The zero-order valence-electron chi connectivity index (χ0n) is 18.3. The fourth-order valence-electron chi connectivity index (χ4n) is 3.93. The van der Waals surface area contributed by atoms with Gasteiger partial charge in [-0.2, -0.15) is 0 Å². The lowest BCUT2D eigenvalue weighted by Crippen LogP contribution is -2.43. The summed E-state index contributed by atoms with van der Waals surface area (Å²) < 4.78 is 13.0. The molecular formula is C24H29N5O2. The molecule has 2 heterocycles. The smallest absolute Gasteiger partial charge is 0.194 e. The summed E-state index contributed by atoms with van der Waals surface area (Å²) in [6.07, 6.45) is 6.55. The molecule has 1 aliphatic heterocycles. The molecule has 0 spiro atoms. The molecule has 0 bridgehead atoms. The Morgan fingerprint density at radius 1 is 1.06 bits per heavy atom. The zero-order chi connectivity index (χ0) is 21.6. The maximum Gasteiger partial charge on any atom is 0.194 e.